The Balaban J connectivity index is 1.31. The van der Waals surface area contributed by atoms with E-state index in [0.717, 1.165) is 52.3 Å². The second-order valence-electron chi connectivity index (χ2n) is 10.6. The summed E-state index contributed by atoms with van der Waals surface area (Å²) in [6.45, 7) is 4.82. The summed E-state index contributed by atoms with van der Waals surface area (Å²) < 4.78 is 22.1. The lowest BCUT2D eigenvalue weighted by Gasteiger charge is -2.35. The van der Waals surface area contributed by atoms with Gasteiger partial charge in [-0.25, -0.2) is 9.97 Å². The van der Waals surface area contributed by atoms with Gasteiger partial charge in [-0.15, -0.1) is 0 Å². The normalized spacial score (nSPS) is 17.3. The minimum atomic E-state index is -0.785. The predicted molar refractivity (Wildman–Crippen MR) is 157 cm³/mol. The molecule has 0 bridgehead atoms. The minimum absolute atomic E-state index is 0.176. The van der Waals surface area contributed by atoms with Crippen molar-refractivity contribution in [1.29, 1.82) is 0 Å². The number of ether oxygens (including phenoxy) is 3. The number of aromatic nitrogens is 3. The number of aliphatic hydroxyl groups excluding tert-OH is 1. The first kappa shape index (κ1) is 28.4. The van der Waals surface area contributed by atoms with Crippen LogP contribution < -0.4 is 14.4 Å². The average molecular weight is 592 g/mol. The van der Waals surface area contributed by atoms with Crippen molar-refractivity contribution in [2.24, 2.45) is 0 Å². The van der Waals surface area contributed by atoms with E-state index in [9.17, 15) is 5.11 Å². The number of aryl methyl sites for hydroxylation is 1. The fourth-order valence-electron chi connectivity index (χ4n) is 5.69. The van der Waals surface area contributed by atoms with E-state index >= 15 is 0 Å². The summed E-state index contributed by atoms with van der Waals surface area (Å²) in [4.78, 5) is 13.8. The molecule has 6 rings (SSSR count). The smallest absolute Gasteiger partial charge is 0.226 e. The Hall–Kier alpha value is -3.70. The maximum absolute atomic E-state index is 11.2. The van der Waals surface area contributed by atoms with Crippen LogP contribution in [-0.2, 0) is 24.4 Å². The number of nitrogens with zero attached hydrogens (tertiary/aromatic N) is 5. The van der Waals surface area contributed by atoms with Crippen LogP contribution in [0.1, 0.15) is 47.2 Å². The summed E-state index contributed by atoms with van der Waals surface area (Å²) in [6, 6.07) is 13.9. The Morgan fingerprint density at radius 3 is 2.67 bits per heavy atom. The van der Waals surface area contributed by atoms with E-state index in [4.69, 9.17) is 35.3 Å². The highest BCUT2D eigenvalue weighted by Gasteiger charge is 2.31. The van der Waals surface area contributed by atoms with E-state index in [-0.39, 0.29) is 6.04 Å². The van der Waals surface area contributed by atoms with Gasteiger partial charge in [-0.2, -0.15) is 0 Å². The van der Waals surface area contributed by atoms with Crippen molar-refractivity contribution in [1.82, 2.24) is 20.0 Å². The van der Waals surface area contributed by atoms with Gasteiger partial charge in [0.1, 0.15) is 17.7 Å². The topological polar surface area (TPSA) is 106 Å². The summed E-state index contributed by atoms with van der Waals surface area (Å²) >= 11 is 6.70. The average Bonchev–Trinajstić information content (AvgIpc) is 3.57. The fraction of sp³-hybridized carbons (Fsp3) is 0.387. The Morgan fingerprint density at radius 2 is 1.93 bits per heavy atom. The summed E-state index contributed by atoms with van der Waals surface area (Å²) in [5.74, 6) is 2.75. The molecule has 0 amide bonds. The lowest BCUT2D eigenvalue weighted by Crippen LogP contribution is -2.40. The van der Waals surface area contributed by atoms with Gasteiger partial charge < -0.3 is 28.7 Å². The summed E-state index contributed by atoms with van der Waals surface area (Å²) in [6.07, 6.45) is 2.57. The quantitative estimate of drug-likeness (QED) is 0.275. The fourth-order valence-corrected chi connectivity index (χ4v) is 5.89. The molecule has 220 valence electrons. The first-order valence-electron chi connectivity index (χ1n) is 14.0. The summed E-state index contributed by atoms with van der Waals surface area (Å²) in [7, 11) is 3.29. The molecule has 0 radical (unpaired) electrons. The standard InChI is InChI=1S/C31H34ClN5O5/c1-19-12-25(42-35-19)18-36-16-21-5-4-20(13-26(21)30(36)38)29-27(32)15-33-31(34-29)37(23-8-10-41-11-9-23)17-22-6-7-24(39-2)14-28(22)40-3/h4-7,12-15,23,30,38H,8-11,16-18H2,1-3H3. The Bertz CT molecular complexity index is 1560. The maximum Gasteiger partial charge on any atom is 0.226 e. The van der Waals surface area contributed by atoms with Gasteiger partial charge in [0, 0.05) is 61.2 Å². The van der Waals surface area contributed by atoms with Crippen LogP contribution in [0.2, 0.25) is 5.02 Å². The Morgan fingerprint density at radius 1 is 1.10 bits per heavy atom. The van der Waals surface area contributed by atoms with E-state index in [1.165, 1.54) is 0 Å². The Labute approximate surface area is 249 Å². The SMILES string of the molecule is COc1ccc(CN(c2ncc(Cl)c(-c3ccc4c(c3)C(O)N(Cc3cc(C)no3)C4)n2)C2CCOCC2)c(OC)c1. The molecule has 2 aromatic heterocycles. The van der Waals surface area contributed by atoms with Crippen molar-refractivity contribution in [3.8, 4) is 22.8 Å². The largest absolute Gasteiger partial charge is 0.497 e. The molecule has 1 saturated heterocycles. The predicted octanol–water partition coefficient (Wildman–Crippen LogP) is 5.30. The van der Waals surface area contributed by atoms with Gasteiger partial charge in [0.15, 0.2) is 5.76 Å². The zero-order chi connectivity index (χ0) is 29.2. The second-order valence-corrected chi connectivity index (χ2v) is 11.0. The highest BCUT2D eigenvalue weighted by Crippen LogP contribution is 2.38. The van der Waals surface area contributed by atoms with E-state index in [1.54, 1.807) is 20.4 Å². The molecule has 2 aromatic carbocycles. The first-order chi connectivity index (χ1) is 20.4. The van der Waals surface area contributed by atoms with Crippen LogP contribution in [0.25, 0.3) is 11.3 Å². The van der Waals surface area contributed by atoms with Gasteiger partial charge >= 0.3 is 0 Å². The molecule has 10 nitrogen and oxygen atoms in total. The lowest BCUT2D eigenvalue weighted by atomic mass is 10.0. The van der Waals surface area contributed by atoms with Crippen LogP contribution in [0, 0.1) is 6.92 Å². The van der Waals surface area contributed by atoms with Crippen molar-refractivity contribution < 1.29 is 23.8 Å². The lowest BCUT2D eigenvalue weighted by molar-refractivity contribution is 0.00256. The number of aliphatic hydroxyl groups is 1. The van der Waals surface area contributed by atoms with Crippen molar-refractivity contribution >= 4 is 17.5 Å². The third kappa shape index (κ3) is 5.80. The number of methoxy groups -OCH3 is 2. The van der Waals surface area contributed by atoms with Gasteiger partial charge in [-0.05, 0) is 43.5 Å². The van der Waals surface area contributed by atoms with E-state index < -0.39 is 6.23 Å². The number of fused-ring (bicyclic) bond motifs is 1. The summed E-state index contributed by atoms with van der Waals surface area (Å²) in [5.41, 5.74) is 5.10. The van der Waals surface area contributed by atoms with E-state index in [0.29, 0.717) is 55.3 Å². The van der Waals surface area contributed by atoms with Crippen molar-refractivity contribution in [3.63, 3.8) is 0 Å². The number of anilines is 1. The number of benzene rings is 2. The van der Waals surface area contributed by atoms with Crippen molar-refractivity contribution in [3.05, 3.63) is 81.8 Å². The molecule has 1 atom stereocenters. The van der Waals surface area contributed by atoms with Crippen molar-refractivity contribution in [2.45, 2.75) is 51.7 Å². The molecular formula is C31H34ClN5O5. The Kier molecular flexibility index (Phi) is 8.30. The molecule has 42 heavy (non-hydrogen) atoms. The van der Waals surface area contributed by atoms with Crippen LogP contribution in [0.4, 0.5) is 5.95 Å². The highest BCUT2D eigenvalue weighted by molar-refractivity contribution is 6.32. The van der Waals surface area contributed by atoms with Gasteiger partial charge in [0.25, 0.3) is 0 Å². The molecule has 0 saturated carbocycles. The van der Waals surface area contributed by atoms with Crippen LogP contribution >= 0.6 is 11.6 Å². The van der Waals surface area contributed by atoms with Gasteiger partial charge in [-0.3, -0.25) is 4.90 Å². The number of rotatable bonds is 9. The van der Waals surface area contributed by atoms with Gasteiger partial charge in [0.2, 0.25) is 5.95 Å². The molecule has 1 N–H and O–H groups in total. The molecule has 0 aliphatic carbocycles. The molecule has 11 heteroatoms. The molecule has 4 heterocycles. The molecule has 4 aromatic rings. The van der Waals surface area contributed by atoms with Crippen LogP contribution in [-0.4, -0.2) is 58.6 Å². The van der Waals surface area contributed by atoms with Crippen molar-refractivity contribution in [2.75, 3.05) is 32.3 Å². The summed E-state index contributed by atoms with van der Waals surface area (Å²) in [5, 5.41) is 15.6. The van der Waals surface area contributed by atoms with Crippen LogP contribution in [0.15, 0.2) is 53.2 Å². The molecule has 1 fully saturated rings. The zero-order valence-electron chi connectivity index (χ0n) is 23.9. The second kappa shape index (κ2) is 12.3. The van der Waals surface area contributed by atoms with Gasteiger partial charge in [-0.1, -0.05) is 28.9 Å². The maximum atomic E-state index is 11.2. The zero-order valence-corrected chi connectivity index (χ0v) is 24.7. The third-order valence-electron chi connectivity index (χ3n) is 7.91. The number of hydrogen-bond acceptors (Lipinski definition) is 10. The number of halogens is 1. The highest BCUT2D eigenvalue weighted by atomic mass is 35.5. The molecule has 2 aliphatic heterocycles. The molecular weight excluding hydrogens is 558 g/mol. The molecule has 1 unspecified atom stereocenters. The van der Waals surface area contributed by atoms with E-state index in [2.05, 4.69) is 15.0 Å². The minimum Gasteiger partial charge on any atom is -0.497 e. The number of hydrogen-bond donors (Lipinski definition) is 1. The van der Waals surface area contributed by atoms with Gasteiger partial charge in [0.05, 0.1) is 43.4 Å². The third-order valence-corrected chi connectivity index (χ3v) is 8.18. The monoisotopic (exact) mass is 591 g/mol. The molecule has 2 aliphatic rings. The van der Waals surface area contributed by atoms with Crippen LogP contribution in [0.3, 0.4) is 0 Å². The van der Waals surface area contributed by atoms with Crippen LogP contribution in [0.5, 0.6) is 11.5 Å². The molecule has 0 spiro atoms. The first-order valence-corrected chi connectivity index (χ1v) is 14.4. The van der Waals surface area contributed by atoms with E-state index in [1.807, 2.05) is 54.3 Å².